The van der Waals surface area contributed by atoms with Gasteiger partial charge in [0.2, 0.25) is 0 Å². The molecule has 0 saturated heterocycles. The van der Waals surface area contributed by atoms with Crippen molar-refractivity contribution < 1.29 is 0 Å². The van der Waals surface area contributed by atoms with Crippen molar-refractivity contribution in [3.63, 3.8) is 0 Å². The Morgan fingerprint density at radius 2 is 2.00 bits per heavy atom. The summed E-state index contributed by atoms with van der Waals surface area (Å²) < 4.78 is 0. The zero-order valence-corrected chi connectivity index (χ0v) is 9.62. The molecule has 5 heteroatoms. The molecule has 1 rings (SSSR count). The third-order valence-electron chi connectivity index (χ3n) is 1.45. The van der Waals surface area contributed by atoms with E-state index in [-0.39, 0.29) is 0 Å². The molecule has 0 aliphatic carbocycles. The van der Waals surface area contributed by atoms with Crippen molar-refractivity contribution >= 4 is 34.6 Å². The minimum Gasteiger partial charge on any atom is -0.330 e. The molecule has 3 nitrogen and oxygen atoms in total. The molecule has 0 saturated carbocycles. The molecule has 0 atom stereocenters. The number of para-hydroxylation sites is 1. The van der Waals surface area contributed by atoms with E-state index in [0.717, 1.165) is 5.69 Å². The summed E-state index contributed by atoms with van der Waals surface area (Å²) in [6, 6.07) is 7.44. The zero-order chi connectivity index (χ0) is 10.6. The van der Waals surface area contributed by atoms with Crippen LogP contribution in [0.3, 0.4) is 0 Å². The maximum atomic E-state index is 5.94. The molecule has 14 heavy (non-hydrogen) atoms. The van der Waals surface area contributed by atoms with Gasteiger partial charge >= 0.3 is 0 Å². The number of benzene rings is 1. The van der Waals surface area contributed by atoms with Crippen LogP contribution in [0.5, 0.6) is 0 Å². The Morgan fingerprint density at radius 3 is 2.57 bits per heavy atom. The third kappa shape index (κ3) is 3.49. The molecule has 0 heterocycles. The van der Waals surface area contributed by atoms with Gasteiger partial charge in [-0.3, -0.25) is 5.43 Å². The van der Waals surface area contributed by atoms with Crippen molar-refractivity contribution in [2.24, 2.45) is 0 Å². The topological polar surface area (TPSA) is 27.3 Å². The standard InChI is InChI=1S/C9H12ClN3S/c1-13(2)12-9(14)11-8-6-4-3-5-7(8)10/h3-6H,1-2H3,(H2,11,12,14). The molecule has 1 aromatic rings. The van der Waals surface area contributed by atoms with Gasteiger partial charge in [0, 0.05) is 14.1 Å². The van der Waals surface area contributed by atoms with Gasteiger partial charge in [0.15, 0.2) is 5.11 Å². The fraction of sp³-hybridized carbons (Fsp3) is 0.222. The minimum absolute atomic E-state index is 0.517. The predicted molar refractivity (Wildman–Crippen MR) is 64.5 cm³/mol. The molecule has 0 bridgehead atoms. The van der Waals surface area contributed by atoms with Crippen molar-refractivity contribution in [1.29, 1.82) is 0 Å². The van der Waals surface area contributed by atoms with Crippen LogP contribution in [-0.4, -0.2) is 24.2 Å². The van der Waals surface area contributed by atoms with E-state index in [9.17, 15) is 0 Å². The lowest BCUT2D eigenvalue weighted by Gasteiger charge is -2.16. The molecule has 0 spiro atoms. The normalized spacial score (nSPS) is 10.0. The summed E-state index contributed by atoms with van der Waals surface area (Å²) in [5, 5.41) is 5.91. The molecule has 0 aromatic heterocycles. The molecular weight excluding hydrogens is 218 g/mol. The number of hydrogen-bond donors (Lipinski definition) is 2. The Balaban J connectivity index is 2.61. The minimum atomic E-state index is 0.517. The van der Waals surface area contributed by atoms with Crippen LogP contribution >= 0.6 is 23.8 Å². The van der Waals surface area contributed by atoms with Gasteiger partial charge in [0.25, 0.3) is 0 Å². The van der Waals surface area contributed by atoms with Gasteiger partial charge in [-0.2, -0.15) is 0 Å². The van der Waals surface area contributed by atoms with Crippen molar-refractivity contribution in [3.05, 3.63) is 29.3 Å². The Morgan fingerprint density at radius 1 is 1.36 bits per heavy atom. The number of nitrogens with one attached hydrogen (secondary N) is 2. The first kappa shape index (κ1) is 11.2. The van der Waals surface area contributed by atoms with Crippen LogP contribution in [-0.2, 0) is 0 Å². The van der Waals surface area contributed by atoms with Crippen LogP contribution in [0.15, 0.2) is 24.3 Å². The Hall–Kier alpha value is -0.840. The lowest BCUT2D eigenvalue weighted by Crippen LogP contribution is -2.39. The predicted octanol–water partition coefficient (Wildman–Crippen LogP) is 2.10. The van der Waals surface area contributed by atoms with Gasteiger partial charge in [-0.1, -0.05) is 23.7 Å². The molecule has 0 amide bonds. The quantitative estimate of drug-likeness (QED) is 0.600. The lowest BCUT2D eigenvalue weighted by molar-refractivity contribution is 0.365. The molecule has 0 fully saturated rings. The molecular formula is C9H12ClN3S. The van der Waals surface area contributed by atoms with Crippen LogP contribution in [0.4, 0.5) is 5.69 Å². The number of thiocarbonyl (C=S) groups is 1. The number of anilines is 1. The van der Waals surface area contributed by atoms with E-state index < -0.39 is 0 Å². The number of rotatable bonds is 2. The maximum absolute atomic E-state index is 5.94. The van der Waals surface area contributed by atoms with Gasteiger partial charge in [-0.15, -0.1) is 0 Å². The van der Waals surface area contributed by atoms with E-state index in [2.05, 4.69) is 10.7 Å². The van der Waals surface area contributed by atoms with E-state index in [1.165, 1.54) is 0 Å². The molecule has 0 aliphatic heterocycles. The summed E-state index contributed by atoms with van der Waals surface area (Å²) in [6.07, 6.45) is 0. The van der Waals surface area contributed by atoms with E-state index in [4.69, 9.17) is 23.8 Å². The van der Waals surface area contributed by atoms with Crippen molar-refractivity contribution in [2.45, 2.75) is 0 Å². The van der Waals surface area contributed by atoms with Crippen molar-refractivity contribution in [1.82, 2.24) is 10.4 Å². The van der Waals surface area contributed by atoms with E-state index in [1.54, 1.807) is 5.01 Å². The summed E-state index contributed by atoms with van der Waals surface area (Å²) in [4.78, 5) is 0. The number of hydrazine groups is 1. The summed E-state index contributed by atoms with van der Waals surface area (Å²) in [5.41, 5.74) is 3.71. The van der Waals surface area contributed by atoms with Gasteiger partial charge in [-0.05, 0) is 24.4 Å². The Kier molecular flexibility index (Phi) is 4.13. The number of nitrogens with zero attached hydrogens (tertiary/aromatic N) is 1. The second-order valence-corrected chi connectivity index (χ2v) is 3.76. The molecule has 0 radical (unpaired) electrons. The van der Waals surface area contributed by atoms with E-state index in [0.29, 0.717) is 10.1 Å². The fourth-order valence-corrected chi connectivity index (χ4v) is 1.39. The molecule has 1 aromatic carbocycles. The molecule has 76 valence electrons. The highest BCUT2D eigenvalue weighted by Gasteiger charge is 2.01. The molecule has 0 unspecified atom stereocenters. The van der Waals surface area contributed by atoms with Crippen LogP contribution in [0.2, 0.25) is 5.02 Å². The summed E-state index contributed by atoms with van der Waals surface area (Å²) in [6.45, 7) is 0. The smallest absolute Gasteiger partial charge is 0.185 e. The molecule has 0 aliphatic rings. The van der Waals surface area contributed by atoms with E-state index >= 15 is 0 Å². The van der Waals surface area contributed by atoms with Gasteiger partial charge in [-0.25, -0.2) is 5.01 Å². The SMILES string of the molecule is CN(C)NC(=S)Nc1ccccc1Cl. The Labute approximate surface area is 94.0 Å². The highest BCUT2D eigenvalue weighted by molar-refractivity contribution is 7.80. The summed E-state index contributed by atoms with van der Waals surface area (Å²) in [7, 11) is 3.72. The lowest BCUT2D eigenvalue weighted by atomic mass is 10.3. The second kappa shape index (κ2) is 5.14. The van der Waals surface area contributed by atoms with Gasteiger partial charge < -0.3 is 5.32 Å². The Bertz CT molecular complexity index is 328. The summed E-state index contributed by atoms with van der Waals surface area (Å²) in [5.74, 6) is 0. The fourth-order valence-electron chi connectivity index (χ4n) is 0.916. The largest absolute Gasteiger partial charge is 0.330 e. The van der Waals surface area contributed by atoms with Crippen LogP contribution < -0.4 is 10.7 Å². The first-order chi connectivity index (χ1) is 6.59. The average molecular weight is 230 g/mol. The van der Waals surface area contributed by atoms with Crippen LogP contribution in [0.1, 0.15) is 0 Å². The zero-order valence-electron chi connectivity index (χ0n) is 8.04. The van der Waals surface area contributed by atoms with Gasteiger partial charge in [0.05, 0.1) is 10.7 Å². The van der Waals surface area contributed by atoms with E-state index in [1.807, 2.05) is 38.4 Å². The highest BCUT2D eigenvalue weighted by atomic mass is 35.5. The average Bonchev–Trinajstić information content (AvgIpc) is 2.07. The monoisotopic (exact) mass is 229 g/mol. The first-order valence-electron chi connectivity index (χ1n) is 4.09. The summed E-state index contributed by atoms with van der Waals surface area (Å²) >= 11 is 11.0. The number of halogens is 1. The number of hydrogen-bond acceptors (Lipinski definition) is 2. The van der Waals surface area contributed by atoms with Crippen LogP contribution in [0, 0.1) is 0 Å². The first-order valence-corrected chi connectivity index (χ1v) is 4.87. The maximum Gasteiger partial charge on any atom is 0.185 e. The van der Waals surface area contributed by atoms with Crippen LogP contribution in [0.25, 0.3) is 0 Å². The molecule has 2 N–H and O–H groups in total. The van der Waals surface area contributed by atoms with Crippen molar-refractivity contribution in [3.8, 4) is 0 Å². The van der Waals surface area contributed by atoms with Crippen molar-refractivity contribution in [2.75, 3.05) is 19.4 Å². The third-order valence-corrected chi connectivity index (χ3v) is 1.97. The highest BCUT2D eigenvalue weighted by Crippen LogP contribution is 2.19. The van der Waals surface area contributed by atoms with Gasteiger partial charge in [0.1, 0.15) is 0 Å². The second-order valence-electron chi connectivity index (χ2n) is 2.94.